The molecule has 2 aliphatic heterocycles. The first-order valence-corrected chi connectivity index (χ1v) is 8.48. The number of anilines is 1. The van der Waals surface area contributed by atoms with Crippen molar-refractivity contribution in [3.8, 4) is 0 Å². The number of likely N-dealkylation sites (N-methyl/N-ethyl adjacent to an activating group) is 1. The maximum atomic E-state index is 13.2. The Labute approximate surface area is 154 Å². The van der Waals surface area contributed by atoms with Gasteiger partial charge in [-0.05, 0) is 23.8 Å². The highest BCUT2D eigenvalue weighted by Gasteiger charge is 2.69. The first kappa shape index (κ1) is 17.0. The molecule has 0 radical (unpaired) electrons. The third-order valence-electron chi connectivity index (χ3n) is 4.94. The Morgan fingerprint density at radius 1 is 1.12 bits per heavy atom. The van der Waals surface area contributed by atoms with Gasteiger partial charge in [0, 0.05) is 17.6 Å². The molecule has 1 saturated heterocycles. The molecule has 2 aromatic rings. The van der Waals surface area contributed by atoms with Gasteiger partial charge in [-0.1, -0.05) is 41.9 Å². The second kappa shape index (κ2) is 5.81. The molecule has 134 valence electrons. The Morgan fingerprint density at radius 3 is 2.54 bits per heavy atom. The first-order chi connectivity index (χ1) is 12.4. The lowest BCUT2D eigenvalue weighted by molar-refractivity contribution is -0.238. The van der Waals surface area contributed by atoms with E-state index in [9.17, 15) is 14.7 Å². The molecule has 2 heterocycles. The van der Waals surface area contributed by atoms with Crippen molar-refractivity contribution < 1.29 is 24.2 Å². The number of benzene rings is 2. The van der Waals surface area contributed by atoms with E-state index in [0.717, 1.165) is 0 Å². The van der Waals surface area contributed by atoms with Gasteiger partial charge in [-0.25, -0.2) is 4.79 Å². The van der Waals surface area contributed by atoms with E-state index >= 15 is 0 Å². The monoisotopic (exact) mass is 373 g/mol. The summed E-state index contributed by atoms with van der Waals surface area (Å²) in [4.78, 5) is 27.4. The van der Waals surface area contributed by atoms with Gasteiger partial charge in [0.15, 0.2) is 0 Å². The zero-order valence-corrected chi connectivity index (χ0v) is 14.7. The third kappa shape index (κ3) is 2.00. The fourth-order valence-corrected chi connectivity index (χ4v) is 3.89. The van der Waals surface area contributed by atoms with Gasteiger partial charge in [0.05, 0.1) is 12.3 Å². The Balaban J connectivity index is 2.05. The smallest absolute Gasteiger partial charge is 0.347 e. The third-order valence-corrected chi connectivity index (χ3v) is 5.17. The van der Waals surface area contributed by atoms with Gasteiger partial charge in [0.1, 0.15) is 6.61 Å². The van der Waals surface area contributed by atoms with Gasteiger partial charge in [-0.15, -0.1) is 0 Å². The molecule has 0 aliphatic carbocycles. The Hall–Kier alpha value is -2.41. The molecule has 1 fully saturated rings. The predicted molar refractivity (Wildman–Crippen MR) is 93.8 cm³/mol. The number of aliphatic hydroxyl groups is 1. The van der Waals surface area contributed by atoms with Crippen molar-refractivity contribution in [1.82, 2.24) is 0 Å². The van der Waals surface area contributed by atoms with Crippen LogP contribution in [0.1, 0.15) is 11.1 Å². The maximum absolute atomic E-state index is 13.2. The van der Waals surface area contributed by atoms with Crippen LogP contribution in [0.2, 0.25) is 5.02 Å². The van der Waals surface area contributed by atoms with E-state index in [-0.39, 0.29) is 18.8 Å². The molecular weight excluding hydrogens is 358 g/mol. The van der Waals surface area contributed by atoms with Crippen LogP contribution in [0.5, 0.6) is 0 Å². The maximum Gasteiger partial charge on any atom is 0.347 e. The standard InChI is InChI=1S/C19H16ClNO5/c1-21-15-8-7-13(20)11-14(15)18(24,16(21)22)19(12-5-3-2-4-6-12)17(23)25-9-10-26-19/h2-8,11,24H,9-10H2,1H3/t18-,19-/m1/s1. The van der Waals surface area contributed by atoms with Crippen molar-refractivity contribution in [2.45, 2.75) is 11.2 Å². The highest BCUT2D eigenvalue weighted by molar-refractivity contribution is 6.31. The molecule has 1 N–H and O–H groups in total. The van der Waals surface area contributed by atoms with Gasteiger partial charge < -0.3 is 19.5 Å². The van der Waals surface area contributed by atoms with E-state index in [1.807, 2.05) is 0 Å². The van der Waals surface area contributed by atoms with Crippen LogP contribution in [-0.4, -0.2) is 37.2 Å². The lowest BCUT2D eigenvalue weighted by atomic mass is 9.73. The number of carbonyl (C=O) groups excluding carboxylic acids is 2. The fraction of sp³-hybridized carbons (Fsp3) is 0.263. The summed E-state index contributed by atoms with van der Waals surface area (Å²) in [5.41, 5.74) is -3.32. The molecule has 0 aromatic heterocycles. The highest BCUT2D eigenvalue weighted by Crippen LogP contribution is 2.53. The van der Waals surface area contributed by atoms with Crippen molar-refractivity contribution in [3.63, 3.8) is 0 Å². The number of hydrogen-bond donors (Lipinski definition) is 1. The summed E-state index contributed by atoms with van der Waals surface area (Å²) in [6.07, 6.45) is 0. The molecule has 4 rings (SSSR count). The minimum absolute atomic E-state index is 0.0514. The number of halogens is 1. The van der Waals surface area contributed by atoms with Gasteiger partial charge in [0.2, 0.25) is 11.2 Å². The van der Waals surface area contributed by atoms with Crippen molar-refractivity contribution in [2.75, 3.05) is 25.2 Å². The summed E-state index contributed by atoms with van der Waals surface area (Å²) in [5.74, 6) is -1.50. The fourth-order valence-electron chi connectivity index (χ4n) is 3.72. The molecular formula is C19H16ClNO5. The van der Waals surface area contributed by atoms with Crippen LogP contribution in [0.4, 0.5) is 5.69 Å². The predicted octanol–water partition coefficient (Wildman–Crippen LogP) is 1.97. The lowest BCUT2D eigenvalue weighted by Gasteiger charge is -2.43. The van der Waals surface area contributed by atoms with E-state index in [2.05, 4.69) is 0 Å². The van der Waals surface area contributed by atoms with Crippen LogP contribution in [0.15, 0.2) is 48.5 Å². The summed E-state index contributed by atoms with van der Waals surface area (Å²) < 4.78 is 11.1. The van der Waals surface area contributed by atoms with E-state index in [0.29, 0.717) is 16.3 Å². The zero-order valence-electron chi connectivity index (χ0n) is 13.9. The van der Waals surface area contributed by atoms with Gasteiger partial charge in [-0.3, -0.25) is 4.79 Å². The van der Waals surface area contributed by atoms with Crippen molar-refractivity contribution in [1.29, 1.82) is 0 Å². The molecule has 26 heavy (non-hydrogen) atoms. The molecule has 2 atom stereocenters. The average Bonchev–Trinajstić information content (AvgIpc) is 2.85. The summed E-state index contributed by atoms with van der Waals surface area (Å²) >= 11 is 6.11. The molecule has 0 spiro atoms. The minimum atomic E-state index is -2.30. The molecule has 0 bridgehead atoms. The summed E-state index contributed by atoms with van der Waals surface area (Å²) in [6, 6.07) is 13.1. The number of fused-ring (bicyclic) bond motifs is 1. The average molecular weight is 374 g/mol. The topological polar surface area (TPSA) is 76.1 Å². The summed E-state index contributed by atoms with van der Waals surface area (Å²) in [6.45, 7) is 0.103. The molecule has 7 heteroatoms. The number of cyclic esters (lactones) is 1. The number of nitrogens with zero attached hydrogens (tertiary/aromatic N) is 1. The molecule has 6 nitrogen and oxygen atoms in total. The molecule has 2 aliphatic rings. The van der Waals surface area contributed by atoms with Crippen molar-refractivity contribution >= 4 is 29.2 Å². The Kier molecular flexibility index (Phi) is 3.80. The summed E-state index contributed by atoms with van der Waals surface area (Å²) in [7, 11) is 1.53. The van der Waals surface area contributed by atoms with Gasteiger partial charge in [0.25, 0.3) is 5.91 Å². The zero-order chi connectivity index (χ0) is 18.5. The quantitative estimate of drug-likeness (QED) is 0.814. The van der Waals surface area contributed by atoms with E-state index in [4.69, 9.17) is 21.1 Å². The first-order valence-electron chi connectivity index (χ1n) is 8.10. The number of carbonyl (C=O) groups is 2. The van der Waals surface area contributed by atoms with Gasteiger partial charge >= 0.3 is 5.97 Å². The number of rotatable bonds is 2. The van der Waals surface area contributed by atoms with Crippen molar-refractivity contribution in [2.24, 2.45) is 0 Å². The highest BCUT2D eigenvalue weighted by atomic mass is 35.5. The van der Waals surface area contributed by atoms with E-state index < -0.39 is 23.1 Å². The van der Waals surface area contributed by atoms with Gasteiger partial charge in [-0.2, -0.15) is 0 Å². The molecule has 0 saturated carbocycles. The SMILES string of the molecule is CN1C(=O)[C@@](O)([C@]2(c3ccccc3)OCCOC2=O)c2cc(Cl)ccc21. The van der Waals surface area contributed by atoms with Crippen LogP contribution in [0.25, 0.3) is 0 Å². The number of amides is 1. The second-order valence-electron chi connectivity index (χ2n) is 6.27. The second-order valence-corrected chi connectivity index (χ2v) is 6.70. The molecule has 0 unspecified atom stereocenters. The number of ether oxygens (including phenoxy) is 2. The van der Waals surface area contributed by atoms with E-state index in [1.54, 1.807) is 42.5 Å². The number of esters is 1. The van der Waals surface area contributed by atoms with Crippen LogP contribution < -0.4 is 4.90 Å². The minimum Gasteiger partial charge on any atom is -0.461 e. The van der Waals surface area contributed by atoms with Crippen LogP contribution in [0, 0.1) is 0 Å². The normalized spacial score (nSPS) is 28.0. The lowest BCUT2D eigenvalue weighted by Crippen LogP contribution is -2.63. The van der Waals surface area contributed by atoms with Crippen LogP contribution in [-0.2, 0) is 30.3 Å². The van der Waals surface area contributed by atoms with Crippen LogP contribution in [0.3, 0.4) is 0 Å². The molecule has 2 aromatic carbocycles. The number of hydrogen-bond acceptors (Lipinski definition) is 5. The summed E-state index contributed by atoms with van der Waals surface area (Å²) in [5, 5.41) is 12.1. The van der Waals surface area contributed by atoms with Crippen LogP contribution >= 0.6 is 11.6 Å². The Morgan fingerprint density at radius 2 is 1.85 bits per heavy atom. The Bertz CT molecular complexity index is 902. The van der Waals surface area contributed by atoms with Crippen molar-refractivity contribution in [3.05, 3.63) is 64.7 Å². The van der Waals surface area contributed by atoms with E-state index in [1.165, 1.54) is 18.0 Å². The molecule has 1 amide bonds. The largest absolute Gasteiger partial charge is 0.461 e.